The molecular formula is C15H24ClN3O4S. The number of amides is 1. The molecule has 136 valence electrons. The van der Waals surface area contributed by atoms with Gasteiger partial charge < -0.3 is 15.8 Å². The Hall–Kier alpha value is -1.19. The molecule has 24 heavy (non-hydrogen) atoms. The number of ether oxygens (including phenoxy) is 1. The average molecular weight is 378 g/mol. The van der Waals surface area contributed by atoms with Gasteiger partial charge in [0.25, 0.3) is 0 Å². The van der Waals surface area contributed by atoms with E-state index in [-0.39, 0.29) is 35.9 Å². The molecular weight excluding hydrogens is 354 g/mol. The highest BCUT2D eigenvalue weighted by atomic mass is 35.5. The van der Waals surface area contributed by atoms with E-state index in [1.807, 2.05) is 0 Å². The van der Waals surface area contributed by atoms with E-state index in [2.05, 4.69) is 10.0 Å². The van der Waals surface area contributed by atoms with Crippen LogP contribution in [0.5, 0.6) is 0 Å². The van der Waals surface area contributed by atoms with Gasteiger partial charge in [-0.25, -0.2) is 13.1 Å². The topological polar surface area (TPSA) is 111 Å². The van der Waals surface area contributed by atoms with Gasteiger partial charge in [0.2, 0.25) is 15.9 Å². The van der Waals surface area contributed by atoms with E-state index >= 15 is 0 Å². The largest absolute Gasteiger partial charge is 0.377 e. The minimum absolute atomic E-state index is 0. The van der Waals surface area contributed by atoms with Crippen LogP contribution in [-0.4, -0.2) is 39.6 Å². The summed E-state index contributed by atoms with van der Waals surface area (Å²) in [5, 5.41) is 2.67. The van der Waals surface area contributed by atoms with Gasteiger partial charge in [-0.3, -0.25) is 4.79 Å². The molecule has 7 nitrogen and oxygen atoms in total. The molecule has 1 fully saturated rings. The molecule has 0 aliphatic carbocycles. The van der Waals surface area contributed by atoms with Crippen molar-refractivity contribution in [1.29, 1.82) is 0 Å². The Morgan fingerprint density at radius 2 is 2.04 bits per heavy atom. The number of nitrogens with one attached hydrogen (secondary N) is 2. The Balaban J connectivity index is 0.00000288. The molecule has 1 unspecified atom stereocenters. The van der Waals surface area contributed by atoms with Gasteiger partial charge in [-0.2, -0.15) is 0 Å². The lowest BCUT2D eigenvalue weighted by Gasteiger charge is -2.12. The number of carbonyl (C=O) groups excluding carboxylic acids is 1. The zero-order valence-corrected chi connectivity index (χ0v) is 15.2. The molecule has 1 aromatic carbocycles. The maximum atomic E-state index is 12.2. The van der Waals surface area contributed by atoms with Crippen molar-refractivity contribution in [2.45, 2.75) is 43.4 Å². The molecule has 4 N–H and O–H groups in total. The Bertz CT molecular complexity index is 629. The van der Waals surface area contributed by atoms with E-state index in [1.54, 1.807) is 19.1 Å². The number of nitrogens with two attached hydrogens (primary N) is 1. The summed E-state index contributed by atoms with van der Waals surface area (Å²) in [6.07, 6.45) is 1.80. The fourth-order valence-corrected chi connectivity index (χ4v) is 3.29. The second-order valence-electron chi connectivity index (χ2n) is 5.64. The number of hydrogen-bond donors (Lipinski definition) is 3. The maximum absolute atomic E-state index is 12.2. The van der Waals surface area contributed by atoms with E-state index in [4.69, 9.17) is 10.5 Å². The molecule has 0 bridgehead atoms. The lowest BCUT2D eigenvalue weighted by atomic mass is 10.2. The first-order valence-electron chi connectivity index (χ1n) is 7.62. The van der Waals surface area contributed by atoms with E-state index in [9.17, 15) is 13.2 Å². The molecule has 1 amide bonds. The van der Waals surface area contributed by atoms with Crippen LogP contribution in [0.1, 0.15) is 25.3 Å². The second kappa shape index (κ2) is 9.33. The summed E-state index contributed by atoms with van der Waals surface area (Å²) >= 11 is 0. The van der Waals surface area contributed by atoms with Crippen molar-refractivity contribution >= 4 is 28.3 Å². The van der Waals surface area contributed by atoms with Gasteiger partial charge in [0, 0.05) is 19.7 Å². The van der Waals surface area contributed by atoms with Crippen molar-refractivity contribution in [3.05, 3.63) is 29.8 Å². The third kappa shape index (κ3) is 6.03. The van der Waals surface area contributed by atoms with Gasteiger partial charge in [0.1, 0.15) is 0 Å². The molecule has 1 aromatic rings. The van der Waals surface area contributed by atoms with Crippen molar-refractivity contribution in [3.63, 3.8) is 0 Å². The lowest BCUT2D eigenvalue weighted by molar-refractivity contribution is -0.122. The first kappa shape index (κ1) is 20.9. The normalized spacial score (nSPS) is 18.7. The zero-order chi connectivity index (χ0) is 16.9. The van der Waals surface area contributed by atoms with E-state index in [0.29, 0.717) is 13.2 Å². The molecule has 0 radical (unpaired) electrons. The summed E-state index contributed by atoms with van der Waals surface area (Å²) in [7, 11) is -3.55. The van der Waals surface area contributed by atoms with Crippen molar-refractivity contribution in [3.8, 4) is 0 Å². The van der Waals surface area contributed by atoms with Gasteiger partial charge in [-0.15, -0.1) is 12.4 Å². The Kier molecular flexibility index (Phi) is 8.11. The van der Waals surface area contributed by atoms with Gasteiger partial charge in [0.05, 0.1) is 17.0 Å². The van der Waals surface area contributed by atoms with Crippen LogP contribution < -0.4 is 15.8 Å². The highest BCUT2D eigenvalue weighted by Gasteiger charge is 2.20. The van der Waals surface area contributed by atoms with E-state index in [0.717, 1.165) is 18.4 Å². The minimum atomic E-state index is -3.55. The van der Waals surface area contributed by atoms with Crippen LogP contribution in [0, 0.1) is 0 Å². The number of rotatable bonds is 7. The van der Waals surface area contributed by atoms with Gasteiger partial charge in [-0.05, 0) is 37.5 Å². The van der Waals surface area contributed by atoms with Crippen LogP contribution in [0.4, 0.5) is 0 Å². The van der Waals surface area contributed by atoms with Crippen molar-refractivity contribution in [1.82, 2.24) is 10.0 Å². The summed E-state index contributed by atoms with van der Waals surface area (Å²) in [6.45, 7) is 2.89. The molecule has 9 heteroatoms. The molecule has 0 spiro atoms. The summed E-state index contributed by atoms with van der Waals surface area (Å²) < 4.78 is 32.4. The SMILES string of the molecule is C[C@@H](N)C(=O)NCc1ccc(S(=O)(=O)NCC2CCCO2)cc1.Cl. The third-order valence-electron chi connectivity index (χ3n) is 3.64. The molecule has 1 aliphatic heterocycles. The van der Waals surface area contributed by atoms with Crippen LogP contribution in [0.3, 0.4) is 0 Å². The summed E-state index contributed by atoms with van der Waals surface area (Å²) in [4.78, 5) is 11.6. The Morgan fingerprint density at radius 3 is 2.58 bits per heavy atom. The first-order chi connectivity index (χ1) is 10.9. The van der Waals surface area contributed by atoms with Crippen molar-refractivity contribution in [2.75, 3.05) is 13.2 Å². The monoisotopic (exact) mass is 377 g/mol. The molecule has 1 saturated heterocycles. The highest BCUT2D eigenvalue weighted by molar-refractivity contribution is 7.89. The lowest BCUT2D eigenvalue weighted by Crippen LogP contribution is -2.37. The van der Waals surface area contributed by atoms with Crippen molar-refractivity contribution < 1.29 is 17.9 Å². The smallest absolute Gasteiger partial charge is 0.240 e. The fourth-order valence-electron chi connectivity index (χ4n) is 2.23. The third-order valence-corrected chi connectivity index (χ3v) is 5.08. The predicted octanol–water partition coefficient (Wildman–Crippen LogP) is 0.529. The molecule has 1 aliphatic rings. The van der Waals surface area contributed by atoms with Gasteiger partial charge >= 0.3 is 0 Å². The maximum Gasteiger partial charge on any atom is 0.240 e. The molecule has 2 atom stereocenters. The quantitative estimate of drug-likeness (QED) is 0.642. The first-order valence-corrected chi connectivity index (χ1v) is 9.10. The van der Waals surface area contributed by atoms with Crippen molar-refractivity contribution in [2.24, 2.45) is 5.73 Å². The highest BCUT2D eigenvalue weighted by Crippen LogP contribution is 2.14. The Labute approximate surface area is 148 Å². The zero-order valence-electron chi connectivity index (χ0n) is 13.5. The number of sulfonamides is 1. The average Bonchev–Trinajstić information content (AvgIpc) is 3.04. The second-order valence-corrected chi connectivity index (χ2v) is 7.40. The van der Waals surface area contributed by atoms with E-state index in [1.165, 1.54) is 12.1 Å². The summed E-state index contributed by atoms with van der Waals surface area (Å²) in [5.74, 6) is -0.250. The van der Waals surface area contributed by atoms with Crippen LogP contribution in [0.2, 0.25) is 0 Å². The molecule has 2 rings (SSSR count). The van der Waals surface area contributed by atoms with Crippen LogP contribution in [0.15, 0.2) is 29.2 Å². The number of halogens is 1. The standard InChI is InChI=1S/C15H23N3O4S.ClH/c1-11(16)15(19)17-9-12-4-6-14(7-5-12)23(20,21)18-10-13-3-2-8-22-13;/h4-7,11,13,18H,2-3,8-10,16H2,1H3,(H,17,19);1H/t11-,13?;/m1./s1. The number of benzene rings is 1. The van der Waals surface area contributed by atoms with Gasteiger partial charge in [0.15, 0.2) is 0 Å². The Morgan fingerprint density at radius 1 is 1.38 bits per heavy atom. The number of hydrogen-bond acceptors (Lipinski definition) is 5. The molecule has 0 aromatic heterocycles. The fraction of sp³-hybridized carbons (Fsp3) is 0.533. The van der Waals surface area contributed by atoms with Crippen LogP contribution >= 0.6 is 12.4 Å². The molecule has 1 heterocycles. The summed E-state index contributed by atoms with van der Waals surface area (Å²) in [6, 6.07) is 5.80. The summed E-state index contributed by atoms with van der Waals surface area (Å²) in [5.41, 5.74) is 6.26. The predicted molar refractivity (Wildman–Crippen MR) is 93.3 cm³/mol. The van der Waals surface area contributed by atoms with Crippen LogP contribution in [-0.2, 0) is 26.1 Å². The minimum Gasteiger partial charge on any atom is -0.377 e. The van der Waals surface area contributed by atoms with Gasteiger partial charge in [-0.1, -0.05) is 12.1 Å². The van der Waals surface area contributed by atoms with E-state index < -0.39 is 16.1 Å². The van der Waals surface area contributed by atoms with Crippen LogP contribution in [0.25, 0.3) is 0 Å². The number of carbonyl (C=O) groups is 1. The molecule has 0 saturated carbocycles.